The maximum absolute atomic E-state index is 11.2. The van der Waals surface area contributed by atoms with Gasteiger partial charge in [-0.2, -0.15) is 0 Å². The van der Waals surface area contributed by atoms with E-state index < -0.39 is 0 Å². The van der Waals surface area contributed by atoms with Crippen molar-refractivity contribution in [3.05, 3.63) is 16.1 Å². The van der Waals surface area contributed by atoms with Crippen molar-refractivity contribution in [1.82, 2.24) is 9.88 Å². The quantitative estimate of drug-likeness (QED) is 0.618. The fourth-order valence-corrected chi connectivity index (χ4v) is 2.88. The summed E-state index contributed by atoms with van der Waals surface area (Å²) < 4.78 is 0. The van der Waals surface area contributed by atoms with Gasteiger partial charge in [-0.3, -0.25) is 9.78 Å². The van der Waals surface area contributed by atoms with Crippen LogP contribution >= 0.6 is 11.3 Å². The standard InChI is InChI=1S/C11H13N2O2S.CH5N.Rb/c1-8(15)13-4-2-9(3-5-13)11-12-10(6-14)7-16-11;1-2;/h7,9H,2-5H2,1H3;2H2,1H3;/q-1;;+1. The zero-order valence-corrected chi connectivity index (χ0v) is 17.4. The van der Waals surface area contributed by atoms with E-state index in [0.717, 1.165) is 30.9 Å². The molecule has 0 aromatic carbocycles. The van der Waals surface area contributed by atoms with Gasteiger partial charge in [0.2, 0.25) is 5.91 Å². The van der Waals surface area contributed by atoms with Crippen LogP contribution in [0.3, 0.4) is 0 Å². The van der Waals surface area contributed by atoms with E-state index in [-0.39, 0.29) is 64.1 Å². The Balaban J connectivity index is 0.00000103. The number of amides is 1. The minimum absolute atomic E-state index is 0. The number of nitrogens with zero attached hydrogens (tertiary/aromatic N) is 2. The van der Waals surface area contributed by atoms with E-state index >= 15 is 0 Å². The number of carbonyl (C=O) groups excluding carboxylic acids is 2. The number of hydrogen-bond donors (Lipinski definition) is 1. The molecule has 19 heavy (non-hydrogen) atoms. The molecule has 1 aliphatic heterocycles. The number of thiazole rings is 1. The predicted octanol–water partition coefficient (Wildman–Crippen LogP) is -2.09. The summed E-state index contributed by atoms with van der Waals surface area (Å²) in [6.45, 7) is 3.18. The molecule has 5 nitrogen and oxygen atoms in total. The number of nitrogens with two attached hydrogens (primary N) is 1. The summed E-state index contributed by atoms with van der Waals surface area (Å²) in [7, 11) is 1.50. The van der Waals surface area contributed by atoms with Gasteiger partial charge in [0, 0.05) is 32.2 Å². The molecule has 0 spiro atoms. The van der Waals surface area contributed by atoms with Gasteiger partial charge in [-0.25, -0.2) is 11.3 Å². The molecule has 100 valence electrons. The Morgan fingerprint density at radius 2 is 2.05 bits per heavy atom. The van der Waals surface area contributed by atoms with Crippen LogP contribution in [0.2, 0.25) is 0 Å². The Morgan fingerprint density at radius 3 is 2.47 bits per heavy atom. The van der Waals surface area contributed by atoms with Crippen molar-refractivity contribution in [3.63, 3.8) is 0 Å². The van der Waals surface area contributed by atoms with Crippen molar-refractivity contribution in [2.75, 3.05) is 20.1 Å². The van der Waals surface area contributed by atoms with Crippen molar-refractivity contribution >= 4 is 23.5 Å². The van der Waals surface area contributed by atoms with Gasteiger partial charge in [-0.15, -0.1) is 5.38 Å². The molecule has 0 unspecified atom stereocenters. The van der Waals surface area contributed by atoms with E-state index in [4.69, 9.17) is 0 Å². The van der Waals surface area contributed by atoms with Crippen LogP contribution in [0.5, 0.6) is 0 Å². The first-order valence-corrected chi connectivity index (χ1v) is 6.75. The van der Waals surface area contributed by atoms with Gasteiger partial charge in [0.1, 0.15) is 0 Å². The molecule has 1 amide bonds. The third kappa shape index (κ3) is 5.81. The first-order chi connectivity index (χ1) is 8.70. The van der Waals surface area contributed by atoms with Crippen molar-refractivity contribution < 1.29 is 67.8 Å². The maximum atomic E-state index is 11.2. The molecule has 2 heterocycles. The summed E-state index contributed by atoms with van der Waals surface area (Å²) in [6, 6.07) is 0. The Bertz CT molecular complexity index is 403. The van der Waals surface area contributed by atoms with E-state index in [1.54, 1.807) is 18.6 Å². The van der Waals surface area contributed by atoms with Crippen molar-refractivity contribution in [1.29, 1.82) is 0 Å². The number of piperidine rings is 1. The summed E-state index contributed by atoms with van der Waals surface area (Å²) >= 11 is 1.51. The second-order valence-electron chi connectivity index (χ2n) is 3.95. The van der Waals surface area contributed by atoms with Gasteiger partial charge >= 0.3 is 58.2 Å². The molecular formula is C12H18N3O2RbS. The van der Waals surface area contributed by atoms with Crippen molar-refractivity contribution in [2.45, 2.75) is 25.7 Å². The number of carbonyl (C=O) groups is 1. The molecule has 0 radical (unpaired) electrons. The maximum Gasteiger partial charge on any atom is 1.00 e. The fraction of sp³-hybridized carbons (Fsp3) is 0.583. The summed E-state index contributed by atoms with van der Waals surface area (Å²) in [5.74, 6) is 0.530. The smallest absolute Gasteiger partial charge is 0.417 e. The Morgan fingerprint density at radius 1 is 1.47 bits per heavy atom. The second kappa shape index (κ2) is 10.3. The van der Waals surface area contributed by atoms with Gasteiger partial charge in [0.05, 0.1) is 5.01 Å². The fourth-order valence-electron chi connectivity index (χ4n) is 1.96. The molecule has 1 fully saturated rings. The summed E-state index contributed by atoms with van der Waals surface area (Å²) in [6.07, 6.45) is 3.67. The van der Waals surface area contributed by atoms with Crippen LogP contribution in [0.1, 0.15) is 36.4 Å². The average molecular weight is 354 g/mol. The summed E-state index contributed by atoms with van der Waals surface area (Å²) in [4.78, 5) is 27.6. The SMILES string of the molecule is CC(=O)N1CCC(c2nc([C-]=O)cs2)CC1.CN.[Rb+]. The molecule has 7 heteroatoms. The number of likely N-dealkylation sites (tertiary alicyclic amines) is 1. The first-order valence-electron chi connectivity index (χ1n) is 5.87. The Hall–Kier alpha value is 0.535. The Kier molecular flexibility index (Phi) is 10.6. The molecule has 1 saturated heterocycles. The molecule has 2 rings (SSSR count). The van der Waals surface area contributed by atoms with E-state index in [1.165, 1.54) is 18.4 Å². The van der Waals surface area contributed by atoms with Crippen molar-refractivity contribution in [2.24, 2.45) is 5.73 Å². The largest absolute Gasteiger partial charge is 1.00 e. The topological polar surface area (TPSA) is 76.3 Å². The normalized spacial score (nSPS) is 15.0. The zero-order valence-electron chi connectivity index (χ0n) is 11.7. The zero-order chi connectivity index (χ0) is 13.5. The van der Waals surface area contributed by atoms with Crippen LogP contribution in [-0.2, 0) is 9.59 Å². The van der Waals surface area contributed by atoms with Gasteiger partial charge in [-0.1, -0.05) is 5.69 Å². The number of rotatable bonds is 2. The third-order valence-electron chi connectivity index (χ3n) is 2.92. The molecule has 0 saturated carbocycles. The second-order valence-corrected chi connectivity index (χ2v) is 4.84. The van der Waals surface area contributed by atoms with Gasteiger partial charge < -0.3 is 15.4 Å². The number of aromatic nitrogens is 1. The van der Waals surface area contributed by atoms with Crippen LogP contribution in [0.15, 0.2) is 5.38 Å². The monoisotopic (exact) mass is 353 g/mol. The van der Waals surface area contributed by atoms with E-state index in [0.29, 0.717) is 11.6 Å². The van der Waals surface area contributed by atoms with E-state index in [9.17, 15) is 9.59 Å². The minimum Gasteiger partial charge on any atom is -0.417 e. The van der Waals surface area contributed by atoms with Crippen LogP contribution in [-0.4, -0.2) is 42.2 Å². The minimum atomic E-state index is 0. The third-order valence-corrected chi connectivity index (χ3v) is 3.92. The van der Waals surface area contributed by atoms with Crippen molar-refractivity contribution in [3.8, 4) is 0 Å². The molecule has 2 N–H and O–H groups in total. The molecular weight excluding hydrogens is 336 g/mol. The van der Waals surface area contributed by atoms with Gasteiger partial charge in [0.25, 0.3) is 0 Å². The van der Waals surface area contributed by atoms with E-state index in [2.05, 4.69) is 10.7 Å². The van der Waals surface area contributed by atoms with Gasteiger partial charge in [-0.05, 0) is 19.9 Å². The molecule has 0 bridgehead atoms. The van der Waals surface area contributed by atoms with Crippen LogP contribution < -0.4 is 63.9 Å². The Labute approximate surface area is 166 Å². The molecule has 1 aromatic heterocycles. The molecule has 1 aliphatic rings. The van der Waals surface area contributed by atoms with Gasteiger partial charge in [0.15, 0.2) is 0 Å². The summed E-state index contributed by atoms with van der Waals surface area (Å²) in [5, 5.41) is 2.74. The number of hydrogen-bond acceptors (Lipinski definition) is 5. The van der Waals surface area contributed by atoms with Crippen LogP contribution in [0.25, 0.3) is 0 Å². The molecule has 1 aromatic rings. The van der Waals surface area contributed by atoms with Crippen LogP contribution in [0.4, 0.5) is 0 Å². The average Bonchev–Trinajstić information content (AvgIpc) is 2.90. The van der Waals surface area contributed by atoms with E-state index in [1.807, 2.05) is 4.90 Å². The van der Waals surface area contributed by atoms with Crippen LogP contribution in [0, 0.1) is 0 Å². The summed E-state index contributed by atoms with van der Waals surface area (Å²) in [5.41, 5.74) is 4.90. The molecule has 0 atom stereocenters. The molecule has 0 aliphatic carbocycles. The predicted molar refractivity (Wildman–Crippen MR) is 71.2 cm³/mol. The first kappa shape index (κ1) is 19.5.